The summed E-state index contributed by atoms with van der Waals surface area (Å²) in [6, 6.07) is 10.6. The van der Waals surface area contributed by atoms with Crippen LogP contribution in [0.4, 0.5) is 0 Å². The molecule has 2 heteroatoms. The van der Waals surface area contributed by atoms with E-state index in [9.17, 15) is 0 Å². The van der Waals surface area contributed by atoms with Crippen molar-refractivity contribution in [1.29, 1.82) is 5.26 Å². The normalized spacial score (nSPS) is 17.1. The molecule has 15 heavy (non-hydrogen) atoms. The van der Waals surface area contributed by atoms with Crippen LogP contribution in [0.5, 0.6) is 0 Å². The van der Waals surface area contributed by atoms with Gasteiger partial charge >= 0.3 is 0 Å². The first-order valence-electron chi connectivity index (χ1n) is 5.39. The zero-order valence-electron chi connectivity index (χ0n) is 8.99. The highest BCUT2D eigenvalue weighted by molar-refractivity contribution is 5.39. The SMILES string of the molecule is CCOCc1ccc(C2(C#N)CC2)cc1. The molecule has 2 rings (SSSR count). The lowest BCUT2D eigenvalue weighted by atomic mass is 9.97. The maximum absolute atomic E-state index is 9.05. The predicted molar refractivity (Wildman–Crippen MR) is 58.3 cm³/mol. The quantitative estimate of drug-likeness (QED) is 0.750. The molecular formula is C13H15NO. The Hall–Kier alpha value is -1.33. The average Bonchev–Trinajstić information content (AvgIpc) is 3.08. The van der Waals surface area contributed by atoms with Crippen LogP contribution in [0.2, 0.25) is 0 Å². The molecule has 0 amide bonds. The van der Waals surface area contributed by atoms with Gasteiger partial charge in [-0.25, -0.2) is 0 Å². The van der Waals surface area contributed by atoms with Gasteiger partial charge in [-0.3, -0.25) is 0 Å². The molecule has 1 aromatic rings. The third-order valence-electron chi connectivity index (χ3n) is 2.94. The molecule has 1 aliphatic carbocycles. The van der Waals surface area contributed by atoms with Gasteiger partial charge in [-0.1, -0.05) is 24.3 Å². The number of hydrogen-bond donors (Lipinski definition) is 0. The van der Waals surface area contributed by atoms with E-state index in [2.05, 4.69) is 30.3 Å². The molecule has 0 heterocycles. The van der Waals surface area contributed by atoms with Crippen LogP contribution in [0.25, 0.3) is 0 Å². The minimum Gasteiger partial charge on any atom is -0.377 e. The molecule has 0 atom stereocenters. The molecule has 0 spiro atoms. The Kier molecular flexibility index (Phi) is 2.75. The molecule has 0 bridgehead atoms. The molecule has 1 aliphatic rings. The van der Waals surface area contributed by atoms with Crippen molar-refractivity contribution in [2.45, 2.75) is 31.8 Å². The Bertz CT molecular complexity index is 371. The Morgan fingerprint density at radius 2 is 2.00 bits per heavy atom. The Morgan fingerprint density at radius 3 is 2.47 bits per heavy atom. The smallest absolute Gasteiger partial charge is 0.0823 e. The van der Waals surface area contributed by atoms with E-state index in [-0.39, 0.29) is 5.41 Å². The van der Waals surface area contributed by atoms with Crippen molar-refractivity contribution in [1.82, 2.24) is 0 Å². The van der Waals surface area contributed by atoms with Gasteiger partial charge in [0.1, 0.15) is 0 Å². The zero-order chi connectivity index (χ0) is 10.7. The Labute approximate surface area is 90.5 Å². The van der Waals surface area contributed by atoms with Crippen LogP contribution in [0.3, 0.4) is 0 Å². The summed E-state index contributed by atoms with van der Waals surface area (Å²) in [5.41, 5.74) is 2.17. The van der Waals surface area contributed by atoms with Gasteiger partial charge in [0.15, 0.2) is 0 Å². The second kappa shape index (κ2) is 4.04. The molecule has 0 saturated heterocycles. The number of benzene rings is 1. The summed E-state index contributed by atoms with van der Waals surface area (Å²) in [7, 11) is 0. The molecule has 0 unspecified atom stereocenters. The van der Waals surface area contributed by atoms with Crippen molar-refractivity contribution in [3.05, 3.63) is 35.4 Å². The van der Waals surface area contributed by atoms with Crippen LogP contribution < -0.4 is 0 Å². The average molecular weight is 201 g/mol. The summed E-state index contributed by atoms with van der Waals surface area (Å²) in [6.07, 6.45) is 2.02. The van der Waals surface area contributed by atoms with Gasteiger partial charge in [-0.15, -0.1) is 0 Å². The van der Waals surface area contributed by atoms with Gasteiger partial charge < -0.3 is 4.74 Å². The standard InChI is InChI=1S/C13H15NO/c1-2-15-9-11-3-5-12(6-4-11)13(10-14)7-8-13/h3-6H,2,7-9H2,1H3. The van der Waals surface area contributed by atoms with Crippen LogP contribution >= 0.6 is 0 Å². The monoisotopic (exact) mass is 201 g/mol. The largest absolute Gasteiger partial charge is 0.377 e. The Balaban J connectivity index is 2.08. The van der Waals surface area contributed by atoms with Crippen molar-refractivity contribution in [3.63, 3.8) is 0 Å². The summed E-state index contributed by atoms with van der Waals surface area (Å²) >= 11 is 0. The molecule has 1 saturated carbocycles. The summed E-state index contributed by atoms with van der Waals surface area (Å²) in [6.45, 7) is 3.39. The van der Waals surface area contributed by atoms with E-state index in [4.69, 9.17) is 10.00 Å². The van der Waals surface area contributed by atoms with E-state index in [0.29, 0.717) is 6.61 Å². The number of nitrogens with zero attached hydrogens (tertiary/aromatic N) is 1. The number of hydrogen-bond acceptors (Lipinski definition) is 2. The van der Waals surface area contributed by atoms with E-state index in [1.165, 1.54) is 5.56 Å². The van der Waals surface area contributed by atoms with Gasteiger partial charge in [0.05, 0.1) is 18.1 Å². The number of rotatable bonds is 4. The van der Waals surface area contributed by atoms with E-state index < -0.39 is 0 Å². The van der Waals surface area contributed by atoms with Crippen molar-refractivity contribution in [2.75, 3.05) is 6.61 Å². The maximum Gasteiger partial charge on any atom is 0.0823 e. The highest BCUT2D eigenvalue weighted by atomic mass is 16.5. The number of nitriles is 1. The van der Waals surface area contributed by atoms with Gasteiger partial charge in [0.2, 0.25) is 0 Å². The van der Waals surface area contributed by atoms with E-state index in [1.807, 2.05) is 6.92 Å². The molecule has 2 nitrogen and oxygen atoms in total. The third-order valence-corrected chi connectivity index (χ3v) is 2.94. The van der Waals surface area contributed by atoms with Crippen molar-refractivity contribution in [2.24, 2.45) is 0 Å². The van der Waals surface area contributed by atoms with E-state index >= 15 is 0 Å². The van der Waals surface area contributed by atoms with Gasteiger partial charge in [-0.2, -0.15) is 5.26 Å². The van der Waals surface area contributed by atoms with Gasteiger partial charge in [-0.05, 0) is 30.9 Å². The topological polar surface area (TPSA) is 33.0 Å². The lowest BCUT2D eigenvalue weighted by Gasteiger charge is -2.07. The van der Waals surface area contributed by atoms with Gasteiger partial charge in [0, 0.05) is 6.61 Å². The number of ether oxygens (including phenoxy) is 1. The van der Waals surface area contributed by atoms with Crippen LogP contribution in [0.1, 0.15) is 30.9 Å². The summed E-state index contributed by atoms with van der Waals surface area (Å²) in [5.74, 6) is 0. The van der Waals surface area contributed by atoms with Crippen LogP contribution in [-0.2, 0) is 16.8 Å². The second-order valence-corrected chi connectivity index (χ2v) is 4.03. The minimum atomic E-state index is -0.163. The minimum absolute atomic E-state index is 0.163. The highest BCUT2D eigenvalue weighted by Crippen LogP contribution is 2.47. The van der Waals surface area contributed by atoms with Crippen LogP contribution in [0, 0.1) is 11.3 Å². The van der Waals surface area contributed by atoms with Crippen molar-refractivity contribution < 1.29 is 4.74 Å². The first-order valence-corrected chi connectivity index (χ1v) is 5.39. The fourth-order valence-electron chi connectivity index (χ4n) is 1.73. The molecule has 0 N–H and O–H groups in total. The molecule has 0 aromatic heterocycles. The van der Waals surface area contributed by atoms with E-state index in [1.54, 1.807) is 0 Å². The fourth-order valence-corrected chi connectivity index (χ4v) is 1.73. The molecule has 0 radical (unpaired) electrons. The van der Waals surface area contributed by atoms with Crippen LogP contribution in [-0.4, -0.2) is 6.61 Å². The zero-order valence-corrected chi connectivity index (χ0v) is 8.99. The summed E-state index contributed by atoms with van der Waals surface area (Å²) < 4.78 is 5.32. The third kappa shape index (κ3) is 2.03. The summed E-state index contributed by atoms with van der Waals surface area (Å²) in [4.78, 5) is 0. The lowest BCUT2D eigenvalue weighted by molar-refractivity contribution is 0.134. The lowest BCUT2D eigenvalue weighted by Crippen LogP contribution is -2.02. The second-order valence-electron chi connectivity index (χ2n) is 4.03. The highest BCUT2D eigenvalue weighted by Gasteiger charge is 2.44. The molecule has 0 aliphatic heterocycles. The van der Waals surface area contributed by atoms with Crippen molar-refractivity contribution >= 4 is 0 Å². The molecule has 1 aromatic carbocycles. The van der Waals surface area contributed by atoms with Crippen LogP contribution in [0.15, 0.2) is 24.3 Å². The molecular weight excluding hydrogens is 186 g/mol. The first kappa shape index (κ1) is 10.2. The maximum atomic E-state index is 9.05. The van der Waals surface area contributed by atoms with Crippen molar-refractivity contribution in [3.8, 4) is 6.07 Å². The van der Waals surface area contributed by atoms with Gasteiger partial charge in [0.25, 0.3) is 0 Å². The summed E-state index contributed by atoms with van der Waals surface area (Å²) in [5, 5.41) is 9.05. The first-order chi connectivity index (χ1) is 7.30. The fraction of sp³-hybridized carbons (Fsp3) is 0.462. The molecule has 1 fully saturated rings. The van der Waals surface area contributed by atoms with E-state index in [0.717, 1.165) is 25.0 Å². The predicted octanol–water partition coefficient (Wildman–Crippen LogP) is 2.78. The molecule has 78 valence electrons. The Morgan fingerprint density at radius 1 is 1.33 bits per heavy atom.